The van der Waals surface area contributed by atoms with Gasteiger partial charge in [-0.2, -0.15) is 0 Å². The summed E-state index contributed by atoms with van der Waals surface area (Å²) in [6, 6.07) is 0. The van der Waals surface area contributed by atoms with Gasteiger partial charge in [-0.05, 0) is 13.8 Å². The molecule has 2 unspecified atom stereocenters. The molecule has 0 radical (unpaired) electrons. The summed E-state index contributed by atoms with van der Waals surface area (Å²) >= 11 is 0. The van der Waals surface area contributed by atoms with E-state index >= 15 is 0 Å². The minimum atomic E-state index is -0.421. The Balaban J connectivity index is 3.69. The molecule has 4 heteroatoms. The molecule has 0 aromatic carbocycles. The highest BCUT2D eigenvalue weighted by atomic mass is 16.3. The Kier molecular flexibility index (Phi) is 6.28. The van der Waals surface area contributed by atoms with Crippen LogP contribution in [0.3, 0.4) is 0 Å². The molecule has 4 nitrogen and oxygen atoms in total. The second-order valence-electron chi connectivity index (χ2n) is 3.18. The molecule has 0 amide bonds. The molecule has 0 saturated carbocycles. The molecule has 0 aromatic rings. The third-order valence-corrected chi connectivity index (χ3v) is 1.46. The van der Waals surface area contributed by atoms with E-state index in [4.69, 9.17) is 15.3 Å². The highest BCUT2D eigenvalue weighted by Crippen LogP contribution is 1.94. The fraction of sp³-hybridized carbons (Fsp3) is 1.00. The topological polar surface area (TPSA) is 63.9 Å². The van der Waals surface area contributed by atoms with Crippen molar-refractivity contribution in [1.29, 1.82) is 0 Å². The van der Waals surface area contributed by atoms with Crippen LogP contribution in [-0.2, 0) is 0 Å². The highest BCUT2D eigenvalue weighted by molar-refractivity contribution is 4.63. The Bertz CT molecular complexity index is 96.5. The van der Waals surface area contributed by atoms with E-state index in [0.717, 1.165) is 0 Å². The first-order valence-corrected chi connectivity index (χ1v) is 4.25. The Hall–Kier alpha value is -0.160. The first-order chi connectivity index (χ1) is 5.56. The number of nitrogens with zero attached hydrogens (tertiary/aromatic N) is 1. The summed E-state index contributed by atoms with van der Waals surface area (Å²) in [6.45, 7) is 4.91. The summed E-state index contributed by atoms with van der Waals surface area (Å²) in [6.07, 6.45) is -0.842. The lowest BCUT2D eigenvalue weighted by Gasteiger charge is -2.23. The quantitative estimate of drug-likeness (QED) is 0.489. The lowest BCUT2D eigenvalue weighted by Crippen LogP contribution is -2.38. The van der Waals surface area contributed by atoms with Crippen molar-refractivity contribution in [3.05, 3.63) is 0 Å². The summed E-state index contributed by atoms with van der Waals surface area (Å²) in [5.74, 6) is 0. The van der Waals surface area contributed by atoms with Gasteiger partial charge >= 0.3 is 0 Å². The molecule has 0 aliphatic heterocycles. The average Bonchev–Trinajstić information content (AvgIpc) is 1.84. The molecule has 0 bridgehead atoms. The van der Waals surface area contributed by atoms with Gasteiger partial charge in [0, 0.05) is 19.6 Å². The molecular weight excluding hydrogens is 158 g/mol. The summed E-state index contributed by atoms with van der Waals surface area (Å²) in [5, 5.41) is 26.8. The van der Waals surface area contributed by atoms with E-state index in [-0.39, 0.29) is 6.61 Å². The molecule has 3 N–H and O–H groups in total. The zero-order valence-electron chi connectivity index (χ0n) is 7.77. The van der Waals surface area contributed by atoms with Crippen LogP contribution < -0.4 is 0 Å². The maximum atomic E-state index is 9.06. The van der Waals surface area contributed by atoms with Gasteiger partial charge in [0.05, 0.1) is 18.8 Å². The molecule has 0 aromatic heterocycles. The van der Waals surface area contributed by atoms with Gasteiger partial charge in [-0.1, -0.05) is 0 Å². The molecular formula is C8H19NO3. The second-order valence-corrected chi connectivity index (χ2v) is 3.18. The Morgan fingerprint density at radius 1 is 1.08 bits per heavy atom. The van der Waals surface area contributed by atoms with Crippen molar-refractivity contribution in [3.63, 3.8) is 0 Å². The fourth-order valence-corrected chi connectivity index (χ4v) is 1.15. The first-order valence-electron chi connectivity index (χ1n) is 4.25. The van der Waals surface area contributed by atoms with Gasteiger partial charge in [0.25, 0.3) is 0 Å². The number of hydrogen-bond acceptors (Lipinski definition) is 4. The number of hydrogen-bond donors (Lipinski definition) is 3. The van der Waals surface area contributed by atoms with Gasteiger partial charge in [-0.25, -0.2) is 0 Å². The van der Waals surface area contributed by atoms with Crippen LogP contribution >= 0.6 is 0 Å². The Morgan fingerprint density at radius 3 is 1.75 bits per heavy atom. The van der Waals surface area contributed by atoms with E-state index in [1.54, 1.807) is 13.8 Å². The van der Waals surface area contributed by atoms with E-state index in [1.807, 2.05) is 4.90 Å². The summed E-state index contributed by atoms with van der Waals surface area (Å²) in [7, 11) is 0. The fourth-order valence-electron chi connectivity index (χ4n) is 1.15. The molecule has 12 heavy (non-hydrogen) atoms. The average molecular weight is 177 g/mol. The van der Waals surface area contributed by atoms with Gasteiger partial charge in [0.1, 0.15) is 0 Å². The zero-order valence-corrected chi connectivity index (χ0v) is 7.77. The lowest BCUT2D eigenvalue weighted by molar-refractivity contribution is 0.0725. The zero-order chi connectivity index (χ0) is 9.56. The summed E-state index contributed by atoms with van der Waals surface area (Å²) in [5.41, 5.74) is 0. The van der Waals surface area contributed by atoms with E-state index in [1.165, 1.54) is 0 Å². The van der Waals surface area contributed by atoms with Gasteiger partial charge in [-0.15, -0.1) is 0 Å². The van der Waals surface area contributed by atoms with Crippen LogP contribution in [0.15, 0.2) is 0 Å². The Morgan fingerprint density at radius 2 is 1.50 bits per heavy atom. The third kappa shape index (κ3) is 6.54. The van der Waals surface area contributed by atoms with Crippen molar-refractivity contribution in [3.8, 4) is 0 Å². The van der Waals surface area contributed by atoms with Crippen LogP contribution in [0, 0.1) is 0 Å². The van der Waals surface area contributed by atoms with Crippen molar-refractivity contribution in [2.45, 2.75) is 26.1 Å². The van der Waals surface area contributed by atoms with Crippen molar-refractivity contribution in [1.82, 2.24) is 4.90 Å². The van der Waals surface area contributed by atoms with E-state index in [9.17, 15) is 0 Å². The SMILES string of the molecule is CC(O)CN(CCO)CC(C)O. The minimum absolute atomic E-state index is 0.0550. The molecule has 0 aliphatic carbocycles. The van der Waals surface area contributed by atoms with Crippen molar-refractivity contribution in [2.24, 2.45) is 0 Å². The predicted octanol–water partition coefficient (Wildman–Crippen LogP) is -0.958. The maximum Gasteiger partial charge on any atom is 0.0639 e. The van der Waals surface area contributed by atoms with E-state index in [2.05, 4.69) is 0 Å². The molecule has 0 fully saturated rings. The van der Waals surface area contributed by atoms with Crippen molar-refractivity contribution in [2.75, 3.05) is 26.2 Å². The van der Waals surface area contributed by atoms with Gasteiger partial charge in [0.15, 0.2) is 0 Å². The molecule has 74 valence electrons. The van der Waals surface area contributed by atoms with E-state index < -0.39 is 12.2 Å². The highest BCUT2D eigenvalue weighted by Gasteiger charge is 2.09. The van der Waals surface area contributed by atoms with Crippen LogP contribution in [0.5, 0.6) is 0 Å². The van der Waals surface area contributed by atoms with Crippen molar-refractivity contribution < 1.29 is 15.3 Å². The van der Waals surface area contributed by atoms with Crippen LogP contribution in [-0.4, -0.2) is 58.7 Å². The summed E-state index contributed by atoms with van der Waals surface area (Å²) < 4.78 is 0. The van der Waals surface area contributed by atoms with E-state index in [0.29, 0.717) is 19.6 Å². The molecule has 0 aliphatic rings. The smallest absolute Gasteiger partial charge is 0.0639 e. The van der Waals surface area contributed by atoms with Gasteiger partial charge < -0.3 is 15.3 Å². The van der Waals surface area contributed by atoms with Crippen LogP contribution in [0.2, 0.25) is 0 Å². The van der Waals surface area contributed by atoms with Gasteiger partial charge in [0.2, 0.25) is 0 Å². The molecule has 0 spiro atoms. The summed E-state index contributed by atoms with van der Waals surface area (Å²) in [4.78, 5) is 1.83. The van der Waals surface area contributed by atoms with Crippen LogP contribution in [0.4, 0.5) is 0 Å². The van der Waals surface area contributed by atoms with Crippen LogP contribution in [0.1, 0.15) is 13.8 Å². The minimum Gasteiger partial charge on any atom is -0.395 e. The third-order valence-electron chi connectivity index (χ3n) is 1.46. The predicted molar refractivity (Wildman–Crippen MR) is 46.9 cm³/mol. The normalized spacial score (nSPS) is 16.5. The van der Waals surface area contributed by atoms with Crippen LogP contribution in [0.25, 0.3) is 0 Å². The lowest BCUT2D eigenvalue weighted by atomic mass is 10.3. The van der Waals surface area contributed by atoms with Crippen molar-refractivity contribution >= 4 is 0 Å². The first kappa shape index (κ1) is 11.8. The Labute approximate surface area is 73.4 Å². The molecule has 0 heterocycles. The molecule has 0 rings (SSSR count). The second kappa shape index (κ2) is 6.37. The number of rotatable bonds is 6. The number of aliphatic hydroxyl groups is 3. The molecule has 2 atom stereocenters. The molecule has 0 saturated heterocycles. The monoisotopic (exact) mass is 177 g/mol. The largest absolute Gasteiger partial charge is 0.395 e. The standard InChI is InChI=1S/C8H19NO3/c1-7(11)5-9(3-4-10)6-8(2)12/h7-8,10-12H,3-6H2,1-2H3. The van der Waals surface area contributed by atoms with Gasteiger partial charge in [-0.3, -0.25) is 4.90 Å². The maximum absolute atomic E-state index is 9.06. The number of aliphatic hydroxyl groups excluding tert-OH is 3.